The maximum atomic E-state index is 10.0. The quantitative estimate of drug-likeness (QED) is 0.623. The zero-order valence-electron chi connectivity index (χ0n) is 5.47. The van der Waals surface area contributed by atoms with Crippen molar-refractivity contribution in [3.05, 3.63) is 16.9 Å². The molecule has 3 N–H and O–H groups in total. The number of aromatic amines is 1. The second kappa shape index (κ2) is 3.25. The number of hydrogen-bond donors (Lipinski definition) is 3. The number of nitrogens with one attached hydrogen (secondary N) is 2. The molecule has 0 aliphatic rings. The molecule has 0 aliphatic heterocycles. The Hall–Kier alpha value is -1.23. The number of aromatic nitrogens is 2. The van der Waals surface area contributed by atoms with Crippen LogP contribution in [0.1, 0.15) is 5.69 Å². The number of halogens is 1. The van der Waals surface area contributed by atoms with Gasteiger partial charge in [0.25, 0.3) is 0 Å². The monoisotopic (exact) mass is 175 g/mol. The molecule has 1 aromatic rings. The molecular weight excluding hydrogens is 170 g/mol. The van der Waals surface area contributed by atoms with Crippen molar-refractivity contribution in [2.24, 2.45) is 0 Å². The molecule has 0 atom stereocenters. The third-order valence-electron chi connectivity index (χ3n) is 1.08. The summed E-state index contributed by atoms with van der Waals surface area (Å²) in [4.78, 5) is 10.0. The molecule has 0 fully saturated rings. The molecular formula is C5H6ClN3O2. The van der Waals surface area contributed by atoms with E-state index in [0.717, 1.165) is 0 Å². The molecule has 60 valence electrons. The fourth-order valence-electron chi connectivity index (χ4n) is 0.586. The molecule has 0 radical (unpaired) electrons. The van der Waals surface area contributed by atoms with Gasteiger partial charge in [-0.05, 0) is 0 Å². The lowest BCUT2D eigenvalue weighted by molar-refractivity contribution is 0.194. The average Bonchev–Trinajstić information content (AvgIpc) is 2.31. The van der Waals surface area contributed by atoms with E-state index in [1.807, 2.05) is 0 Å². The first-order valence-electron chi connectivity index (χ1n) is 2.84. The highest BCUT2D eigenvalue weighted by Crippen LogP contribution is 2.10. The lowest BCUT2D eigenvalue weighted by Crippen LogP contribution is -2.20. The second-order valence-corrected chi connectivity index (χ2v) is 2.26. The van der Waals surface area contributed by atoms with Gasteiger partial charge in [0.2, 0.25) is 0 Å². The SMILES string of the molecule is O=C(O)NCc1[nH]ncc1Cl. The Morgan fingerprint density at radius 1 is 1.91 bits per heavy atom. The van der Waals surface area contributed by atoms with Crippen molar-refractivity contribution in [3.8, 4) is 0 Å². The van der Waals surface area contributed by atoms with E-state index in [0.29, 0.717) is 10.7 Å². The number of carbonyl (C=O) groups is 1. The van der Waals surface area contributed by atoms with Crippen molar-refractivity contribution in [2.75, 3.05) is 0 Å². The van der Waals surface area contributed by atoms with E-state index in [-0.39, 0.29) is 6.54 Å². The predicted molar refractivity (Wildman–Crippen MR) is 38.5 cm³/mol. The topological polar surface area (TPSA) is 78.0 Å². The molecule has 0 saturated heterocycles. The van der Waals surface area contributed by atoms with Crippen LogP contribution >= 0.6 is 11.6 Å². The van der Waals surface area contributed by atoms with Gasteiger partial charge in [-0.1, -0.05) is 11.6 Å². The van der Waals surface area contributed by atoms with Crippen molar-refractivity contribution >= 4 is 17.7 Å². The van der Waals surface area contributed by atoms with Crippen molar-refractivity contribution < 1.29 is 9.90 Å². The third kappa shape index (κ3) is 2.12. The van der Waals surface area contributed by atoms with E-state index < -0.39 is 6.09 Å². The van der Waals surface area contributed by atoms with Gasteiger partial charge in [-0.25, -0.2) is 4.79 Å². The van der Waals surface area contributed by atoms with E-state index in [2.05, 4.69) is 15.5 Å². The minimum absolute atomic E-state index is 0.147. The summed E-state index contributed by atoms with van der Waals surface area (Å²) >= 11 is 5.60. The van der Waals surface area contributed by atoms with Crippen molar-refractivity contribution in [1.82, 2.24) is 15.5 Å². The molecule has 11 heavy (non-hydrogen) atoms. The Bertz CT molecular complexity index is 260. The molecule has 1 heterocycles. The molecule has 0 unspecified atom stereocenters. The highest BCUT2D eigenvalue weighted by molar-refractivity contribution is 6.31. The van der Waals surface area contributed by atoms with E-state index in [1.165, 1.54) is 6.20 Å². The van der Waals surface area contributed by atoms with Crippen LogP contribution in [-0.2, 0) is 6.54 Å². The number of carboxylic acid groups (broad SMARTS) is 1. The fourth-order valence-corrected chi connectivity index (χ4v) is 0.744. The maximum absolute atomic E-state index is 10.0. The van der Waals surface area contributed by atoms with Gasteiger partial charge in [-0.2, -0.15) is 5.10 Å². The Morgan fingerprint density at radius 3 is 3.09 bits per heavy atom. The van der Waals surface area contributed by atoms with Crippen LogP contribution in [0.25, 0.3) is 0 Å². The van der Waals surface area contributed by atoms with E-state index >= 15 is 0 Å². The summed E-state index contributed by atoms with van der Waals surface area (Å²) in [6.45, 7) is 0.147. The third-order valence-corrected chi connectivity index (χ3v) is 1.41. The van der Waals surface area contributed by atoms with Gasteiger partial charge in [-0.3, -0.25) is 5.10 Å². The Labute approximate surface area is 67.4 Å². The first kappa shape index (κ1) is 7.87. The lowest BCUT2D eigenvalue weighted by atomic mass is 10.4. The maximum Gasteiger partial charge on any atom is 0.404 e. The van der Waals surface area contributed by atoms with E-state index in [9.17, 15) is 4.79 Å². The Balaban J connectivity index is 2.51. The summed E-state index contributed by atoms with van der Waals surface area (Å²) in [6.07, 6.45) is 0.330. The van der Waals surface area contributed by atoms with Crippen LogP contribution in [0.2, 0.25) is 5.02 Å². The zero-order chi connectivity index (χ0) is 8.27. The molecule has 0 spiro atoms. The molecule has 1 amide bonds. The minimum atomic E-state index is -1.09. The smallest absolute Gasteiger partial charge is 0.404 e. The molecule has 1 rings (SSSR count). The van der Waals surface area contributed by atoms with Gasteiger partial charge in [0.05, 0.1) is 23.5 Å². The standard InChI is InChI=1S/C5H6ClN3O2/c6-3-1-8-9-4(3)2-7-5(10)11/h1,7H,2H2,(H,8,9)(H,10,11). The van der Waals surface area contributed by atoms with Gasteiger partial charge in [0.15, 0.2) is 0 Å². The van der Waals surface area contributed by atoms with Crippen molar-refractivity contribution in [1.29, 1.82) is 0 Å². The highest BCUT2D eigenvalue weighted by atomic mass is 35.5. The van der Waals surface area contributed by atoms with Crippen LogP contribution in [0.3, 0.4) is 0 Å². The summed E-state index contributed by atoms with van der Waals surface area (Å²) in [5.74, 6) is 0. The molecule has 0 aliphatic carbocycles. The summed E-state index contributed by atoms with van der Waals surface area (Å²) in [5, 5.41) is 17.0. The number of amides is 1. The number of H-pyrrole nitrogens is 1. The van der Waals surface area contributed by atoms with Gasteiger partial charge in [-0.15, -0.1) is 0 Å². The molecule has 5 nitrogen and oxygen atoms in total. The molecule has 6 heteroatoms. The summed E-state index contributed by atoms with van der Waals surface area (Å²) in [6, 6.07) is 0. The van der Waals surface area contributed by atoms with Crippen LogP contribution < -0.4 is 5.32 Å². The second-order valence-electron chi connectivity index (χ2n) is 1.86. The summed E-state index contributed by atoms with van der Waals surface area (Å²) < 4.78 is 0. The Morgan fingerprint density at radius 2 is 2.64 bits per heavy atom. The van der Waals surface area contributed by atoms with Gasteiger partial charge in [0, 0.05) is 0 Å². The van der Waals surface area contributed by atoms with Crippen LogP contribution in [0.5, 0.6) is 0 Å². The van der Waals surface area contributed by atoms with E-state index in [4.69, 9.17) is 16.7 Å². The minimum Gasteiger partial charge on any atom is -0.465 e. The fraction of sp³-hybridized carbons (Fsp3) is 0.200. The van der Waals surface area contributed by atoms with Gasteiger partial charge in [0.1, 0.15) is 0 Å². The van der Waals surface area contributed by atoms with E-state index in [1.54, 1.807) is 0 Å². The Kier molecular flexibility index (Phi) is 2.32. The first-order valence-corrected chi connectivity index (χ1v) is 3.22. The first-order chi connectivity index (χ1) is 5.20. The highest BCUT2D eigenvalue weighted by Gasteiger charge is 2.02. The van der Waals surface area contributed by atoms with Crippen LogP contribution in [-0.4, -0.2) is 21.4 Å². The average molecular weight is 176 g/mol. The van der Waals surface area contributed by atoms with Gasteiger partial charge < -0.3 is 10.4 Å². The van der Waals surface area contributed by atoms with Crippen LogP contribution in [0.15, 0.2) is 6.20 Å². The van der Waals surface area contributed by atoms with Gasteiger partial charge >= 0.3 is 6.09 Å². The number of nitrogens with zero attached hydrogens (tertiary/aromatic N) is 1. The predicted octanol–water partition coefficient (Wildman–Crippen LogP) is 0.831. The van der Waals surface area contributed by atoms with Crippen LogP contribution in [0.4, 0.5) is 4.79 Å². The zero-order valence-corrected chi connectivity index (χ0v) is 6.22. The lowest BCUT2D eigenvalue weighted by Gasteiger charge is -1.96. The van der Waals surface area contributed by atoms with Crippen molar-refractivity contribution in [3.63, 3.8) is 0 Å². The van der Waals surface area contributed by atoms with Crippen molar-refractivity contribution in [2.45, 2.75) is 6.54 Å². The number of rotatable bonds is 2. The molecule has 0 bridgehead atoms. The number of hydrogen-bond acceptors (Lipinski definition) is 2. The van der Waals surface area contributed by atoms with Crippen LogP contribution in [0, 0.1) is 0 Å². The summed E-state index contributed by atoms with van der Waals surface area (Å²) in [7, 11) is 0. The normalized spacial score (nSPS) is 9.55. The molecule has 0 aromatic carbocycles. The summed E-state index contributed by atoms with van der Waals surface area (Å²) in [5.41, 5.74) is 0.564. The molecule has 0 saturated carbocycles. The molecule has 1 aromatic heterocycles. The largest absolute Gasteiger partial charge is 0.465 e.